The Hall–Kier alpha value is -4.97. The molecule has 65 heavy (non-hydrogen) atoms. The van der Waals surface area contributed by atoms with E-state index in [0.717, 1.165) is 31.7 Å². The van der Waals surface area contributed by atoms with Crippen molar-refractivity contribution in [3.8, 4) is 11.1 Å². The fourth-order valence-electron chi connectivity index (χ4n) is 8.05. The first-order valence-electron chi connectivity index (χ1n) is 19.5. The van der Waals surface area contributed by atoms with Crippen molar-refractivity contribution in [2.45, 2.75) is 87.6 Å². The van der Waals surface area contributed by atoms with Crippen LogP contribution in [-0.2, 0) is 62.7 Å². The summed E-state index contributed by atoms with van der Waals surface area (Å²) in [6, 6.07) is 5.79. The monoisotopic (exact) mass is 985 g/mol. The maximum absolute atomic E-state index is 15.5. The highest BCUT2D eigenvalue weighted by molar-refractivity contribution is 7.92. The van der Waals surface area contributed by atoms with Crippen LogP contribution in [0.2, 0.25) is 5.02 Å². The number of rotatable bonds is 14. The fourth-order valence-corrected chi connectivity index (χ4v) is 9.21. The number of amides is 1. The summed E-state index contributed by atoms with van der Waals surface area (Å²) in [5, 5.41) is 9.34. The van der Waals surface area contributed by atoms with Crippen LogP contribution in [0.25, 0.3) is 22.0 Å². The van der Waals surface area contributed by atoms with Crippen LogP contribution in [0, 0.1) is 17.6 Å². The number of hydrogen-bond acceptors (Lipinski definition) is 8. The lowest BCUT2D eigenvalue weighted by atomic mass is 9.93. The summed E-state index contributed by atoms with van der Waals surface area (Å²) < 4.78 is 196. The summed E-state index contributed by atoms with van der Waals surface area (Å²) in [4.78, 5) is 18.8. The van der Waals surface area contributed by atoms with Gasteiger partial charge in [-0.3, -0.25) is 23.4 Å². The molecule has 0 radical (unpaired) electrons. The number of sulfone groups is 1. The topological polar surface area (TPSA) is 149 Å². The summed E-state index contributed by atoms with van der Waals surface area (Å²) in [7, 11) is -6.85. The number of aryl methyl sites for hydroxylation is 1. The van der Waals surface area contributed by atoms with Gasteiger partial charge in [0.1, 0.15) is 30.4 Å². The number of aromatic nitrogens is 5. The first-order valence-corrected chi connectivity index (χ1v) is 23.6. The van der Waals surface area contributed by atoms with Crippen molar-refractivity contribution in [3.63, 3.8) is 0 Å². The largest absolute Gasteiger partial charge is 0.435 e. The summed E-state index contributed by atoms with van der Waals surface area (Å²) in [5.41, 5.74) is -4.42. The van der Waals surface area contributed by atoms with Crippen LogP contribution in [0.1, 0.15) is 72.6 Å². The van der Waals surface area contributed by atoms with Crippen molar-refractivity contribution < 1.29 is 65.5 Å². The van der Waals surface area contributed by atoms with E-state index in [4.69, 9.17) is 16.6 Å². The zero-order valence-electron chi connectivity index (χ0n) is 34.7. The Morgan fingerprint density at radius 2 is 1.58 bits per heavy atom. The number of carbonyl (C=O) groups excluding carboxylic acids is 1. The standard InChI is InChI=1S/C40H38ClF10N7O5S2/c1-37(2,64(4,60)61)11-10-22-6-7-23(24-8-9-27(41)31-33(24)58(18-38(44,45)46)55-36(31)56(3)65(5,62)63)32(52-22)28(14-19-12-20(42)15-21(43)13-19)53-29(59)17-57-35-30(34(54-57)40(49,50)51)25-16-26(25)39(35,47)48/h6-9,12-13,15,25-26,28H,10-11,14,16-18H2,1-5H3,(H,53,59)/t25?,26-,28+/m1/s1. The van der Waals surface area contributed by atoms with Crippen molar-refractivity contribution in [3.05, 3.63) is 93.0 Å². The highest BCUT2D eigenvalue weighted by Gasteiger charge is 2.68. The number of alkyl halides is 8. The zero-order chi connectivity index (χ0) is 48.1. The third-order valence-electron chi connectivity index (χ3n) is 11.7. The Balaban J connectivity index is 1.44. The van der Waals surface area contributed by atoms with Gasteiger partial charge in [0, 0.05) is 47.7 Å². The molecule has 3 atom stereocenters. The summed E-state index contributed by atoms with van der Waals surface area (Å²) in [6.45, 7) is -0.137. The number of benzene rings is 2. The Bertz CT molecular complexity index is 2950. The van der Waals surface area contributed by atoms with Crippen LogP contribution < -0.4 is 9.62 Å². The molecule has 1 N–H and O–H groups in total. The molecule has 0 spiro atoms. The van der Waals surface area contributed by atoms with Crippen molar-refractivity contribution in [2.75, 3.05) is 23.9 Å². The number of pyridine rings is 1. The molecule has 1 fully saturated rings. The Morgan fingerprint density at radius 1 is 0.954 bits per heavy atom. The van der Waals surface area contributed by atoms with E-state index in [0.29, 0.717) is 15.1 Å². The van der Waals surface area contributed by atoms with Gasteiger partial charge >= 0.3 is 12.4 Å². The zero-order valence-corrected chi connectivity index (χ0v) is 37.1. The normalized spacial score (nSPS) is 17.8. The first kappa shape index (κ1) is 48.0. The van der Waals surface area contributed by atoms with Gasteiger partial charge in [-0.1, -0.05) is 23.7 Å². The Kier molecular flexibility index (Phi) is 11.9. The number of sulfonamides is 1. The van der Waals surface area contributed by atoms with Gasteiger partial charge in [0.25, 0.3) is 5.92 Å². The van der Waals surface area contributed by atoms with Crippen molar-refractivity contribution in [1.82, 2.24) is 29.9 Å². The average molecular weight is 986 g/mol. The minimum absolute atomic E-state index is 0.0589. The van der Waals surface area contributed by atoms with Gasteiger partial charge < -0.3 is 5.32 Å². The van der Waals surface area contributed by atoms with Gasteiger partial charge in [-0.25, -0.2) is 25.6 Å². The molecule has 1 amide bonds. The summed E-state index contributed by atoms with van der Waals surface area (Å²) in [5.74, 6) is -10.3. The van der Waals surface area contributed by atoms with E-state index in [-0.39, 0.29) is 62.4 Å². The second-order valence-electron chi connectivity index (χ2n) is 16.9. The number of hydrogen-bond donors (Lipinski definition) is 1. The van der Waals surface area contributed by atoms with Gasteiger partial charge in [-0.2, -0.15) is 45.3 Å². The molecule has 25 heteroatoms. The van der Waals surface area contributed by atoms with Crippen LogP contribution in [0.3, 0.4) is 0 Å². The van der Waals surface area contributed by atoms with Gasteiger partial charge in [-0.05, 0) is 75.3 Å². The van der Waals surface area contributed by atoms with Crippen molar-refractivity contribution in [1.29, 1.82) is 0 Å². The van der Waals surface area contributed by atoms with E-state index in [9.17, 15) is 56.8 Å². The SMILES string of the molecule is CN(c1nn(CC(F)(F)F)c2c(-c3ccc(CCC(C)(C)S(C)(=O)=O)nc3[C@H](Cc3cc(F)cc(F)c3)NC(=O)Cn3nc(C(F)(F)F)c4c3C(F)(F)[C@@H]3CC43)ccc(Cl)c12)S(C)(=O)=O. The molecule has 2 aromatic carbocycles. The van der Waals surface area contributed by atoms with Gasteiger partial charge in [0.05, 0.1) is 38.7 Å². The van der Waals surface area contributed by atoms with Gasteiger partial charge in [-0.15, -0.1) is 0 Å². The average Bonchev–Trinajstić information content (AvgIpc) is 3.66. The molecule has 7 rings (SSSR count). The molecule has 1 unspecified atom stereocenters. The minimum atomic E-state index is -5.17. The lowest BCUT2D eigenvalue weighted by Gasteiger charge is -2.25. The predicted octanol–water partition coefficient (Wildman–Crippen LogP) is 8.27. The number of carbonyl (C=O) groups is 1. The molecule has 0 bridgehead atoms. The fraction of sp³-hybridized carbons (Fsp3) is 0.450. The molecular weight excluding hydrogens is 948 g/mol. The molecular formula is C40H38ClF10N7O5S2. The van der Waals surface area contributed by atoms with E-state index in [1.165, 1.54) is 38.1 Å². The van der Waals surface area contributed by atoms with E-state index in [1.807, 2.05) is 0 Å². The van der Waals surface area contributed by atoms with Gasteiger partial charge in [0.15, 0.2) is 21.3 Å². The highest BCUT2D eigenvalue weighted by atomic mass is 35.5. The van der Waals surface area contributed by atoms with Crippen LogP contribution in [-0.4, -0.2) is 77.8 Å². The Labute approximate surface area is 369 Å². The maximum atomic E-state index is 15.5. The molecule has 352 valence electrons. The second-order valence-corrected chi connectivity index (χ2v) is 21.9. The Morgan fingerprint density at radius 3 is 2.17 bits per heavy atom. The smallest absolute Gasteiger partial charge is 0.346 e. The van der Waals surface area contributed by atoms with E-state index in [1.54, 1.807) is 0 Å². The van der Waals surface area contributed by atoms with Crippen molar-refractivity contribution >= 4 is 54.1 Å². The van der Waals surface area contributed by atoms with Crippen LogP contribution in [0.15, 0.2) is 42.5 Å². The van der Waals surface area contributed by atoms with Crippen molar-refractivity contribution in [2.24, 2.45) is 5.92 Å². The molecule has 0 saturated heterocycles. The number of nitrogens with zero attached hydrogens (tertiary/aromatic N) is 6. The van der Waals surface area contributed by atoms with Crippen LogP contribution >= 0.6 is 11.6 Å². The van der Waals surface area contributed by atoms with E-state index < -0.39 is 126 Å². The molecule has 5 aromatic rings. The van der Waals surface area contributed by atoms with E-state index in [2.05, 4.69) is 15.5 Å². The number of fused-ring (bicyclic) bond motifs is 4. The van der Waals surface area contributed by atoms with E-state index >= 15 is 8.78 Å². The van der Waals surface area contributed by atoms with Gasteiger partial charge in [0.2, 0.25) is 15.9 Å². The quantitative estimate of drug-likeness (QED) is 0.109. The number of halogens is 11. The minimum Gasteiger partial charge on any atom is -0.346 e. The molecule has 12 nitrogen and oxygen atoms in total. The third-order valence-corrected chi connectivity index (χ3v) is 15.4. The van der Waals surface area contributed by atoms with Crippen LogP contribution in [0.5, 0.6) is 0 Å². The summed E-state index contributed by atoms with van der Waals surface area (Å²) >= 11 is 6.55. The third kappa shape index (κ3) is 9.38. The van der Waals surface area contributed by atoms with Crippen LogP contribution in [0.4, 0.5) is 49.7 Å². The number of nitrogens with one attached hydrogen (secondary N) is 1. The second kappa shape index (κ2) is 16.1. The molecule has 3 aromatic heterocycles. The lowest BCUT2D eigenvalue weighted by molar-refractivity contribution is -0.143. The number of anilines is 1. The molecule has 2 aliphatic rings. The molecule has 0 aliphatic heterocycles. The highest BCUT2D eigenvalue weighted by Crippen LogP contribution is 2.68. The molecule has 1 saturated carbocycles. The molecule has 3 heterocycles. The molecule has 2 aliphatic carbocycles. The lowest BCUT2D eigenvalue weighted by Crippen LogP contribution is -2.35. The first-order chi connectivity index (χ1) is 29.8. The maximum Gasteiger partial charge on any atom is 0.435 e. The summed E-state index contributed by atoms with van der Waals surface area (Å²) in [6.07, 6.45) is -9.34. The predicted molar refractivity (Wildman–Crippen MR) is 217 cm³/mol.